The lowest BCUT2D eigenvalue weighted by molar-refractivity contribution is -0.126. The van der Waals surface area contributed by atoms with Crippen molar-refractivity contribution in [2.45, 2.75) is 18.9 Å². The van der Waals surface area contributed by atoms with Crippen molar-refractivity contribution in [3.63, 3.8) is 0 Å². The van der Waals surface area contributed by atoms with Crippen LogP contribution < -0.4 is 0 Å². The van der Waals surface area contributed by atoms with Crippen LogP contribution in [-0.2, 0) is 4.79 Å². The van der Waals surface area contributed by atoms with E-state index in [2.05, 4.69) is 12.2 Å². The van der Waals surface area contributed by atoms with Crippen molar-refractivity contribution in [1.82, 2.24) is 0 Å². The summed E-state index contributed by atoms with van der Waals surface area (Å²) in [5.74, 6) is 0.377. The lowest BCUT2D eigenvalue weighted by atomic mass is 9.75. The average molecular weight is 164 g/mol. The maximum absolute atomic E-state index is 11.1. The predicted octanol–water partition coefficient (Wildman–Crippen LogP) is 1.07. The summed E-state index contributed by atoms with van der Waals surface area (Å²) >= 11 is 0. The first kappa shape index (κ1) is 7.74. The Morgan fingerprint density at radius 2 is 2.08 bits per heavy atom. The minimum Gasteiger partial charge on any atom is -0.385 e. The van der Waals surface area contributed by atoms with Crippen molar-refractivity contribution in [1.29, 1.82) is 0 Å². The largest absolute Gasteiger partial charge is 0.385 e. The number of allylic oxidation sites excluding steroid dienone is 3. The van der Waals surface area contributed by atoms with Gasteiger partial charge in [-0.15, -0.1) is 0 Å². The molecule has 2 nitrogen and oxygen atoms in total. The minimum absolute atomic E-state index is 0.132. The Balaban J connectivity index is 2.25. The summed E-state index contributed by atoms with van der Waals surface area (Å²) in [5.41, 5.74) is 0. The third-order valence-corrected chi connectivity index (χ3v) is 2.74. The molecule has 0 aliphatic heterocycles. The highest BCUT2D eigenvalue weighted by molar-refractivity contribution is 5.94. The second-order valence-electron chi connectivity index (χ2n) is 3.48. The Morgan fingerprint density at radius 3 is 2.92 bits per heavy atom. The van der Waals surface area contributed by atoms with Crippen LogP contribution in [0.2, 0.25) is 0 Å². The molecular weight excluding hydrogens is 152 g/mol. The van der Waals surface area contributed by atoms with E-state index in [1.165, 1.54) is 6.08 Å². The highest BCUT2D eigenvalue weighted by Gasteiger charge is 2.33. The van der Waals surface area contributed by atoms with Gasteiger partial charge >= 0.3 is 0 Å². The summed E-state index contributed by atoms with van der Waals surface area (Å²) in [6.07, 6.45) is 8.66. The van der Waals surface area contributed by atoms with Gasteiger partial charge < -0.3 is 5.11 Å². The number of aliphatic hydroxyl groups excluding tert-OH is 1. The quantitative estimate of drug-likeness (QED) is 0.544. The van der Waals surface area contributed by atoms with Crippen molar-refractivity contribution < 1.29 is 9.90 Å². The molecule has 0 saturated heterocycles. The van der Waals surface area contributed by atoms with E-state index in [-0.39, 0.29) is 11.7 Å². The van der Waals surface area contributed by atoms with E-state index in [0.717, 1.165) is 12.8 Å². The van der Waals surface area contributed by atoms with E-state index >= 15 is 0 Å². The van der Waals surface area contributed by atoms with Gasteiger partial charge in [0.25, 0.3) is 0 Å². The number of carbonyl (C=O) groups excluding carboxylic acids is 1. The second-order valence-corrected chi connectivity index (χ2v) is 3.48. The number of hydrogen-bond acceptors (Lipinski definition) is 2. The normalized spacial score (nSPS) is 39.8. The molecule has 0 amide bonds. The number of hydrogen-bond donors (Lipinski definition) is 1. The molecule has 3 unspecified atom stereocenters. The molecule has 0 aromatic heterocycles. The number of fused-ring (bicyclic) bond motifs is 1. The van der Waals surface area contributed by atoms with E-state index in [1.54, 1.807) is 0 Å². The standard InChI is InChI=1S/C10H12O2/c11-9-6-5-7-3-1-2-4-8(7)10(9)12/h1-2,5-8,10,12H,3-4H2. The fourth-order valence-electron chi connectivity index (χ4n) is 1.97. The van der Waals surface area contributed by atoms with Gasteiger partial charge in [0.15, 0.2) is 5.78 Å². The predicted molar refractivity (Wildman–Crippen MR) is 45.5 cm³/mol. The molecule has 2 aliphatic rings. The Kier molecular flexibility index (Phi) is 1.85. The van der Waals surface area contributed by atoms with Crippen LogP contribution in [0.3, 0.4) is 0 Å². The summed E-state index contributed by atoms with van der Waals surface area (Å²) in [6.45, 7) is 0. The van der Waals surface area contributed by atoms with Crippen LogP contribution in [0.5, 0.6) is 0 Å². The zero-order chi connectivity index (χ0) is 8.55. The number of rotatable bonds is 0. The molecule has 1 N–H and O–H groups in total. The molecular formula is C10H12O2. The van der Waals surface area contributed by atoms with Crippen LogP contribution in [0.4, 0.5) is 0 Å². The molecule has 64 valence electrons. The first-order chi connectivity index (χ1) is 5.79. The van der Waals surface area contributed by atoms with Gasteiger partial charge in [0, 0.05) is 5.92 Å². The van der Waals surface area contributed by atoms with Crippen molar-refractivity contribution in [2.75, 3.05) is 0 Å². The average Bonchev–Trinajstić information content (AvgIpc) is 2.12. The third kappa shape index (κ3) is 1.12. The van der Waals surface area contributed by atoms with E-state index in [4.69, 9.17) is 0 Å². The van der Waals surface area contributed by atoms with Crippen molar-refractivity contribution in [3.05, 3.63) is 24.3 Å². The first-order valence-corrected chi connectivity index (χ1v) is 4.34. The Labute approximate surface area is 71.6 Å². The van der Waals surface area contributed by atoms with Crippen LogP contribution in [0.15, 0.2) is 24.3 Å². The zero-order valence-corrected chi connectivity index (χ0v) is 6.81. The minimum atomic E-state index is -0.759. The van der Waals surface area contributed by atoms with Gasteiger partial charge in [-0.3, -0.25) is 4.79 Å². The smallest absolute Gasteiger partial charge is 0.184 e. The molecule has 0 radical (unpaired) electrons. The molecule has 0 spiro atoms. The summed E-state index contributed by atoms with van der Waals surface area (Å²) in [7, 11) is 0. The van der Waals surface area contributed by atoms with Gasteiger partial charge in [-0.1, -0.05) is 18.2 Å². The van der Waals surface area contributed by atoms with Gasteiger partial charge in [0.05, 0.1) is 0 Å². The topological polar surface area (TPSA) is 37.3 Å². The van der Waals surface area contributed by atoms with Crippen molar-refractivity contribution >= 4 is 5.78 Å². The van der Waals surface area contributed by atoms with E-state index in [0.29, 0.717) is 5.92 Å². The lowest BCUT2D eigenvalue weighted by Gasteiger charge is -2.31. The summed E-state index contributed by atoms with van der Waals surface area (Å²) in [5, 5.41) is 9.54. The van der Waals surface area contributed by atoms with Crippen LogP contribution >= 0.6 is 0 Å². The molecule has 0 aromatic rings. The molecule has 2 heteroatoms. The van der Waals surface area contributed by atoms with Gasteiger partial charge in [0.2, 0.25) is 0 Å². The van der Waals surface area contributed by atoms with Crippen LogP contribution in [0.25, 0.3) is 0 Å². The first-order valence-electron chi connectivity index (χ1n) is 4.34. The Hall–Kier alpha value is -0.890. The van der Waals surface area contributed by atoms with E-state index in [1.807, 2.05) is 6.08 Å². The SMILES string of the molecule is O=C1C=CC2CC=CCC2C1O. The van der Waals surface area contributed by atoms with Gasteiger partial charge in [0.1, 0.15) is 6.10 Å². The summed E-state index contributed by atoms with van der Waals surface area (Å²) in [4.78, 5) is 11.1. The van der Waals surface area contributed by atoms with E-state index < -0.39 is 6.10 Å². The number of aliphatic hydroxyl groups is 1. The Morgan fingerprint density at radius 1 is 1.33 bits per heavy atom. The maximum Gasteiger partial charge on any atom is 0.184 e. The fourth-order valence-corrected chi connectivity index (χ4v) is 1.97. The lowest BCUT2D eigenvalue weighted by Crippen LogP contribution is -2.36. The molecule has 12 heavy (non-hydrogen) atoms. The second kappa shape index (κ2) is 2.87. The molecule has 0 heterocycles. The number of ketones is 1. The summed E-state index contributed by atoms with van der Waals surface area (Å²) < 4.78 is 0. The third-order valence-electron chi connectivity index (χ3n) is 2.74. The van der Waals surface area contributed by atoms with Crippen LogP contribution in [0, 0.1) is 11.8 Å². The Bertz CT molecular complexity index is 253. The molecule has 0 saturated carbocycles. The summed E-state index contributed by atoms with van der Waals surface area (Å²) in [6, 6.07) is 0. The molecule has 0 fully saturated rings. The van der Waals surface area contributed by atoms with Crippen LogP contribution in [-0.4, -0.2) is 17.0 Å². The molecule has 0 aromatic carbocycles. The van der Waals surface area contributed by atoms with Gasteiger partial charge in [-0.25, -0.2) is 0 Å². The van der Waals surface area contributed by atoms with Crippen molar-refractivity contribution in [3.8, 4) is 0 Å². The number of carbonyl (C=O) groups is 1. The molecule has 2 rings (SSSR count). The van der Waals surface area contributed by atoms with Crippen molar-refractivity contribution in [2.24, 2.45) is 11.8 Å². The highest BCUT2D eigenvalue weighted by Crippen LogP contribution is 2.32. The van der Waals surface area contributed by atoms with E-state index in [9.17, 15) is 9.90 Å². The van der Waals surface area contributed by atoms with Gasteiger partial charge in [-0.05, 0) is 24.8 Å². The van der Waals surface area contributed by atoms with Gasteiger partial charge in [-0.2, -0.15) is 0 Å². The maximum atomic E-state index is 11.1. The monoisotopic (exact) mass is 164 g/mol. The highest BCUT2D eigenvalue weighted by atomic mass is 16.3. The zero-order valence-electron chi connectivity index (χ0n) is 6.81. The molecule has 0 bridgehead atoms. The fraction of sp³-hybridized carbons (Fsp3) is 0.500. The van der Waals surface area contributed by atoms with Crippen LogP contribution in [0.1, 0.15) is 12.8 Å². The molecule has 3 atom stereocenters. The molecule has 2 aliphatic carbocycles.